The topological polar surface area (TPSA) is 29.3 Å². The van der Waals surface area contributed by atoms with Crippen molar-refractivity contribution in [3.05, 3.63) is 35.4 Å². The third kappa shape index (κ3) is 3.18. The minimum atomic E-state index is -0.411. The molecule has 0 bridgehead atoms. The maximum absolute atomic E-state index is 13.9. The highest BCUT2D eigenvalue weighted by Crippen LogP contribution is 2.37. The second kappa shape index (κ2) is 5.78. The predicted octanol–water partition coefficient (Wildman–Crippen LogP) is 3.33. The molecule has 0 aliphatic carbocycles. The Bertz CT molecular complexity index is 468. The average molecular weight is 282 g/mol. The number of hydrogen-bond donors (Lipinski definition) is 1. The lowest BCUT2D eigenvalue weighted by atomic mass is 9.80. The quantitative estimate of drug-likeness (QED) is 0.921. The van der Waals surface area contributed by atoms with Gasteiger partial charge in [0.1, 0.15) is 11.6 Å². The van der Waals surface area contributed by atoms with Gasteiger partial charge in [-0.1, -0.05) is 20.8 Å². The molecule has 0 aromatic heterocycles. The van der Waals surface area contributed by atoms with E-state index in [1.165, 1.54) is 12.1 Å². The largest absolute Gasteiger partial charge is 0.329 e. The zero-order valence-electron chi connectivity index (χ0n) is 12.5. The van der Waals surface area contributed by atoms with E-state index in [4.69, 9.17) is 5.73 Å². The Hall–Kier alpha value is -1.00. The molecule has 1 aliphatic rings. The number of benzene rings is 1. The molecule has 2 atom stereocenters. The van der Waals surface area contributed by atoms with E-state index in [-0.39, 0.29) is 17.3 Å². The van der Waals surface area contributed by atoms with Gasteiger partial charge in [-0.05, 0) is 42.5 Å². The van der Waals surface area contributed by atoms with Crippen LogP contribution < -0.4 is 5.73 Å². The van der Waals surface area contributed by atoms with Gasteiger partial charge >= 0.3 is 0 Å². The van der Waals surface area contributed by atoms with Crippen LogP contribution in [0, 0.1) is 23.0 Å². The minimum Gasteiger partial charge on any atom is -0.329 e. The second-order valence-corrected chi connectivity index (χ2v) is 6.76. The van der Waals surface area contributed by atoms with E-state index in [9.17, 15) is 8.78 Å². The van der Waals surface area contributed by atoms with Crippen LogP contribution >= 0.6 is 0 Å². The molecule has 2 nitrogen and oxygen atoms in total. The predicted molar refractivity (Wildman–Crippen MR) is 77.3 cm³/mol. The summed E-state index contributed by atoms with van der Waals surface area (Å²) in [5.74, 6) is -0.222. The molecule has 2 N–H and O–H groups in total. The molecule has 1 aromatic carbocycles. The van der Waals surface area contributed by atoms with Crippen LogP contribution in [-0.4, -0.2) is 24.5 Å². The van der Waals surface area contributed by atoms with Crippen LogP contribution in [0.4, 0.5) is 8.78 Å². The number of nitrogens with two attached hydrogens (primary N) is 1. The number of hydrogen-bond acceptors (Lipinski definition) is 2. The van der Waals surface area contributed by atoms with E-state index in [2.05, 4.69) is 25.7 Å². The van der Waals surface area contributed by atoms with Crippen molar-refractivity contribution < 1.29 is 8.78 Å². The minimum absolute atomic E-state index is 0.231. The van der Waals surface area contributed by atoms with Crippen molar-refractivity contribution in [2.24, 2.45) is 17.1 Å². The Labute approximate surface area is 120 Å². The molecule has 1 aliphatic heterocycles. The van der Waals surface area contributed by atoms with Gasteiger partial charge in [-0.15, -0.1) is 0 Å². The molecule has 1 aromatic rings. The van der Waals surface area contributed by atoms with Gasteiger partial charge in [0.15, 0.2) is 0 Å². The third-order valence-electron chi connectivity index (χ3n) is 4.43. The Morgan fingerprint density at radius 2 is 2.05 bits per heavy atom. The van der Waals surface area contributed by atoms with Crippen molar-refractivity contribution in [3.8, 4) is 0 Å². The van der Waals surface area contributed by atoms with Gasteiger partial charge in [0.05, 0.1) is 6.04 Å². The van der Waals surface area contributed by atoms with E-state index < -0.39 is 5.82 Å². The van der Waals surface area contributed by atoms with Crippen molar-refractivity contribution in [2.75, 3.05) is 19.6 Å². The van der Waals surface area contributed by atoms with Gasteiger partial charge in [-0.25, -0.2) is 8.78 Å². The van der Waals surface area contributed by atoms with E-state index in [1.807, 2.05) is 0 Å². The Morgan fingerprint density at radius 1 is 1.35 bits per heavy atom. The standard InChI is InChI=1S/C16H24F2N2/c1-16(2,3)11-6-7-20(10-11)15(9-19)13-8-12(17)4-5-14(13)18/h4-5,8,11,15H,6-7,9-10,19H2,1-3H3. The molecule has 1 heterocycles. The Kier molecular flexibility index (Phi) is 4.45. The molecule has 2 unspecified atom stereocenters. The van der Waals surface area contributed by atoms with E-state index in [0.29, 0.717) is 18.0 Å². The fraction of sp³-hybridized carbons (Fsp3) is 0.625. The summed E-state index contributed by atoms with van der Waals surface area (Å²) in [7, 11) is 0. The van der Waals surface area contributed by atoms with Gasteiger partial charge < -0.3 is 5.73 Å². The van der Waals surface area contributed by atoms with Crippen LogP contribution in [0.3, 0.4) is 0 Å². The summed E-state index contributed by atoms with van der Waals surface area (Å²) in [5.41, 5.74) is 6.43. The fourth-order valence-electron chi connectivity index (χ4n) is 3.02. The zero-order chi connectivity index (χ0) is 14.9. The number of likely N-dealkylation sites (tertiary alicyclic amines) is 1. The third-order valence-corrected chi connectivity index (χ3v) is 4.43. The monoisotopic (exact) mass is 282 g/mol. The van der Waals surface area contributed by atoms with Crippen LogP contribution in [0.5, 0.6) is 0 Å². The first-order chi connectivity index (χ1) is 9.32. The normalized spacial score (nSPS) is 22.2. The molecule has 1 saturated heterocycles. The van der Waals surface area contributed by atoms with Crippen molar-refractivity contribution in [3.63, 3.8) is 0 Å². The molecule has 112 valence electrons. The van der Waals surface area contributed by atoms with Gasteiger partial charge in [-0.2, -0.15) is 0 Å². The molecule has 2 rings (SSSR count). The fourth-order valence-corrected chi connectivity index (χ4v) is 3.02. The molecule has 0 amide bonds. The highest BCUT2D eigenvalue weighted by Gasteiger charge is 2.35. The number of halogens is 2. The van der Waals surface area contributed by atoms with Gasteiger partial charge in [-0.3, -0.25) is 4.90 Å². The lowest BCUT2D eigenvalue weighted by Crippen LogP contribution is -2.34. The first-order valence-corrected chi connectivity index (χ1v) is 7.22. The lowest BCUT2D eigenvalue weighted by molar-refractivity contribution is 0.195. The molecular formula is C16H24F2N2. The maximum Gasteiger partial charge on any atom is 0.128 e. The maximum atomic E-state index is 13.9. The van der Waals surface area contributed by atoms with Crippen LogP contribution in [0.15, 0.2) is 18.2 Å². The van der Waals surface area contributed by atoms with Gasteiger partial charge in [0, 0.05) is 18.7 Å². The highest BCUT2D eigenvalue weighted by molar-refractivity contribution is 5.23. The Balaban J connectivity index is 2.20. The van der Waals surface area contributed by atoms with Crippen molar-refractivity contribution in [1.82, 2.24) is 4.90 Å². The van der Waals surface area contributed by atoms with Crippen LogP contribution in [0.1, 0.15) is 38.8 Å². The van der Waals surface area contributed by atoms with Crippen LogP contribution in [0.25, 0.3) is 0 Å². The summed E-state index contributed by atoms with van der Waals surface area (Å²) in [6, 6.07) is 3.37. The molecular weight excluding hydrogens is 258 g/mol. The van der Waals surface area contributed by atoms with Crippen molar-refractivity contribution >= 4 is 0 Å². The average Bonchev–Trinajstić information content (AvgIpc) is 2.84. The first-order valence-electron chi connectivity index (χ1n) is 7.22. The smallest absolute Gasteiger partial charge is 0.128 e. The Morgan fingerprint density at radius 3 is 2.60 bits per heavy atom. The van der Waals surface area contributed by atoms with E-state index >= 15 is 0 Å². The summed E-state index contributed by atoms with van der Waals surface area (Å²) in [5, 5.41) is 0. The van der Waals surface area contributed by atoms with Gasteiger partial charge in [0.25, 0.3) is 0 Å². The van der Waals surface area contributed by atoms with E-state index in [0.717, 1.165) is 25.6 Å². The number of rotatable bonds is 3. The summed E-state index contributed by atoms with van der Waals surface area (Å²) >= 11 is 0. The SMILES string of the molecule is CC(C)(C)C1CCN(C(CN)c2cc(F)ccc2F)C1. The molecule has 20 heavy (non-hydrogen) atoms. The lowest BCUT2D eigenvalue weighted by Gasteiger charge is -2.30. The van der Waals surface area contributed by atoms with Gasteiger partial charge in [0.2, 0.25) is 0 Å². The van der Waals surface area contributed by atoms with Crippen molar-refractivity contribution in [1.29, 1.82) is 0 Å². The van der Waals surface area contributed by atoms with Crippen LogP contribution in [0.2, 0.25) is 0 Å². The molecule has 0 saturated carbocycles. The molecule has 4 heteroatoms. The summed E-state index contributed by atoms with van der Waals surface area (Å²) in [6.45, 7) is 8.75. The van der Waals surface area contributed by atoms with Crippen molar-refractivity contribution in [2.45, 2.75) is 33.2 Å². The summed E-state index contributed by atoms with van der Waals surface area (Å²) in [4.78, 5) is 2.19. The van der Waals surface area contributed by atoms with E-state index in [1.54, 1.807) is 0 Å². The van der Waals surface area contributed by atoms with Crippen LogP contribution in [-0.2, 0) is 0 Å². The molecule has 0 spiro atoms. The zero-order valence-corrected chi connectivity index (χ0v) is 12.5. The highest BCUT2D eigenvalue weighted by atomic mass is 19.1. The molecule has 0 radical (unpaired) electrons. The first kappa shape index (κ1) is 15.4. The summed E-state index contributed by atoms with van der Waals surface area (Å²) < 4.78 is 27.3. The molecule has 1 fully saturated rings. The number of nitrogens with zero attached hydrogens (tertiary/aromatic N) is 1. The second-order valence-electron chi connectivity index (χ2n) is 6.76. The summed E-state index contributed by atoms with van der Waals surface area (Å²) in [6.07, 6.45) is 1.08.